The number of ketones is 1. The van der Waals surface area contributed by atoms with Crippen LogP contribution in [0.5, 0.6) is 0 Å². The lowest BCUT2D eigenvalue weighted by atomic mass is 10.0. The summed E-state index contributed by atoms with van der Waals surface area (Å²) in [5.74, 6) is -0.332. The van der Waals surface area contributed by atoms with Crippen molar-refractivity contribution >= 4 is 17.4 Å². The molecule has 0 spiro atoms. The molecule has 74 valence electrons. The lowest BCUT2D eigenvalue weighted by molar-refractivity contribution is 0.0981. The number of rotatable bonds is 0. The molecule has 1 aliphatic carbocycles. The third-order valence-corrected chi connectivity index (χ3v) is 2.76. The number of Topliss-reactive ketones (excluding diaryl/α,β-unsaturated/α-hetero) is 1. The number of fused-ring (bicyclic) bond motifs is 1. The van der Waals surface area contributed by atoms with Gasteiger partial charge in [0.05, 0.1) is 0 Å². The Morgan fingerprint density at radius 1 is 1.21 bits per heavy atom. The minimum atomic E-state index is -0.345. The van der Waals surface area contributed by atoms with Crippen molar-refractivity contribution in [2.75, 3.05) is 0 Å². The van der Waals surface area contributed by atoms with Gasteiger partial charge in [-0.1, -0.05) is 11.6 Å². The minimum absolute atomic E-state index is 0.0129. The van der Waals surface area contributed by atoms with Gasteiger partial charge in [-0.05, 0) is 37.0 Å². The number of halogens is 2. The molecule has 0 aliphatic heterocycles. The van der Waals surface area contributed by atoms with Gasteiger partial charge in [-0.25, -0.2) is 4.39 Å². The number of carbonyl (C=O) groups is 1. The summed E-state index contributed by atoms with van der Waals surface area (Å²) in [4.78, 5) is 11.6. The van der Waals surface area contributed by atoms with E-state index in [-0.39, 0.29) is 11.6 Å². The van der Waals surface area contributed by atoms with Crippen LogP contribution in [0.25, 0.3) is 0 Å². The highest BCUT2D eigenvalue weighted by molar-refractivity contribution is 6.31. The van der Waals surface area contributed by atoms with Gasteiger partial charge in [0.2, 0.25) is 0 Å². The zero-order valence-corrected chi connectivity index (χ0v) is 8.40. The maximum absolute atomic E-state index is 13.4. The quantitative estimate of drug-likeness (QED) is 0.603. The van der Waals surface area contributed by atoms with Gasteiger partial charge in [0.25, 0.3) is 0 Å². The maximum Gasteiger partial charge on any atom is 0.163 e. The number of hydrogen-bond acceptors (Lipinski definition) is 1. The van der Waals surface area contributed by atoms with Gasteiger partial charge in [0.1, 0.15) is 5.82 Å². The Kier molecular flexibility index (Phi) is 2.55. The van der Waals surface area contributed by atoms with E-state index in [2.05, 4.69) is 0 Å². The second-order valence-electron chi connectivity index (χ2n) is 3.54. The van der Waals surface area contributed by atoms with Crippen LogP contribution in [-0.2, 0) is 6.42 Å². The molecule has 1 aromatic rings. The second-order valence-corrected chi connectivity index (χ2v) is 3.98. The molecule has 1 aliphatic rings. The Hall–Kier alpha value is -0.890. The molecule has 0 aromatic heterocycles. The molecule has 0 amide bonds. The van der Waals surface area contributed by atoms with Crippen LogP contribution < -0.4 is 0 Å². The molecule has 1 aromatic carbocycles. The van der Waals surface area contributed by atoms with Crippen LogP contribution in [0.4, 0.5) is 4.39 Å². The van der Waals surface area contributed by atoms with Gasteiger partial charge in [-0.15, -0.1) is 0 Å². The third-order valence-electron chi connectivity index (χ3n) is 2.54. The topological polar surface area (TPSA) is 17.1 Å². The van der Waals surface area contributed by atoms with E-state index in [0.29, 0.717) is 29.0 Å². The Labute approximate surface area is 86.9 Å². The SMILES string of the molecule is O=C1CCCCc2c(F)cc(Cl)cc21. The number of hydrogen-bond donors (Lipinski definition) is 0. The molecule has 1 nitrogen and oxygen atoms in total. The fourth-order valence-corrected chi connectivity index (χ4v) is 2.03. The van der Waals surface area contributed by atoms with Crippen LogP contribution in [0.15, 0.2) is 12.1 Å². The molecule has 0 N–H and O–H groups in total. The molecule has 0 saturated heterocycles. The summed E-state index contributed by atoms with van der Waals surface area (Å²) in [7, 11) is 0. The molecule has 14 heavy (non-hydrogen) atoms. The zero-order valence-electron chi connectivity index (χ0n) is 7.65. The first-order valence-electron chi connectivity index (χ1n) is 4.69. The molecule has 0 unspecified atom stereocenters. The number of benzene rings is 1. The van der Waals surface area contributed by atoms with Crippen molar-refractivity contribution < 1.29 is 9.18 Å². The van der Waals surface area contributed by atoms with Gasteiger partial charge in [-0.3, -0.25) is 4.79 Å². The summed E-state index contributed by atoms with van der Waals surface area (Å²) >= 11 is 5.71. The highest BCUT2D eigenvalue weighted by Crippen LogP contribution is 2.26. The first-order chi connectivity index (χ1) is 6.68. The molecule has 0 radical (unpaired) electrons. The standard InChI is InChI=1S/C11H10ClFO/c12-7-5-9-8(10(13)6-7)3-1-2-4-11(9)14/h5-6H,1-4H2. The van der Waals surface area contributed by atoms with E-state index in [1.807, 2.05) is 0 Å². The molecule has 0 saturated carbocycles. The summed E-state index contributed by atoms with van der Waals surface area (Å²) in [5.41, 5.74) is 1.02. The van der Waals surface area contributed by atoms with Crippen molar-refractivity contribution in [2.45, 2.75) is 25.7 Å². The van der Waals surface area contributed by atoms with Crippen molar-refractivity contribution in [1.29, 1.82) is 0 Å². The fraction of sp³-hybridized carbons (Fsp3) is 0.364. The molecular formula is C11H10ClFO. The van der Waals surface area contributed by atoms with Gasteiger partial charge in [0.15, 0.2) is 5.78 Å². The first-order valence-corrected chi connectivity index (χ1v) is 5.07. The van der Waals surface area contributed by atoms with Crippen molar-refractivity contribution in [2.24, 2.45) is 0 Å². The van der Waals surface area contributed by atoms with E-state index in [1.165, 1.54) is 6.07 Å². The van der Waals surface area contributed by atoms with Crippen molar-refractivity contribution in [3.05, 3.63) is 34.1 Å². The van der Waals surface area contributed by atoms with Crippen LogP contribution in [0, 0.1) is 5.82 Å². The van der Waals surface area contributed by atoms with Crippen LogP contribution in [0.1, 0.15) is 35.2 Å². The maximum atomic E-state index is 13.4. The molecule has 0 heterocycles. The summed E-state index contributed by atoms with van der Waals surface area (Å²) in [6.07, 6.45) is 2.86. The number of carbonyl (C=O) groups excluding carboxylic acids is 1. The Morgan fingerprint density at radius 3 is 2.71 bits per heavy atom. The van der Waals surface area contributed by atoms with Crippen LogP contribution in [0.3, 0.4) is 0 Å². The fourth-order valence-electron chi connectivity index (χ4n) is 1.83. The lowest BCUT2D eigenvalue weighted by Crippen LogP contribution is -2.02. The van der Waals surface area contributed by atoms with Gasteiger partial charge in [0, 0.05) is 17.0 Å². The Bertz CT molecular complexity index is 387. The molecule has 0 atom stereocenters. The summed E-state index contributed by atoms with van der Waals surface area (Å²) in [6.45, 7) is 0. The normalized spacial score (nSPS) is 16.3. The van der Waals surface area contributed by atoms with Gasteiger partial charge >= 0.3 is 0 Å². The predicted molar refractivity (Wildman–Crippen MR) is 53.3 cm³/mol. The van der Waals surface area contributed by atoms with E-state index in [0.717, 1.165) is 12.8 Å². The monoisotopic (exact) mass is 212 g/mol. The Balaban J connectivity index is 2.58. The summed E-state index contributed by atoms with van der Waals surface area (Å²) < 4.78 is 13.4. The minimum Gasteiger partial charge on any atom is -0.294 e. The average molecular weight is 213 g/mol. The summed E-state index contributed by atoms with van der Waals surface area (Å²) in [5, 5.41) is 0.302. The smallest absolute Gasteiger partial charge is 0.163 e. The lowest BCUT2D eigenvalue weighted by Gasteiger charge is -2.06. The van der Waals surface area contributed by atoms with Crippen LogP contribution >= 0.6 is 11.6 Å². The molecule has 3 heteroatoms. The molecule has 0 fully saturated rings. The van der Waals surface area contributed by atoms with Crippen LogP contribution in [0.2, 0.25) is 5.02 Å². The second kappa shape index (κ2) is 3.70. The molecule has 0 bridgehead atoms. The largest absolute Gasteiger partial charge is 0.294 e. The van der Waals surface area contributed by atoms with Crippen molar-refractivity contribution in [3.8, 4) is 0 Å². The van der Waals surface area contributed by atoms with Crippen molar-refractivity contribution in [1.82, 2.24) is 0 Å². The first kappa shape index (κ1) is 9.66. The van der Waals surface area contributed by atoms with E-state index in [1.54, 1.807) is 6.07 Å². The molecular weight excluding hydrogens is 203 g/mol. The predicted octanol–water partition coefficient (Wildman–Crippen LogP) is 3.39. The van der Waals surface area contributed by atoms with E-state index in [4.69, 9.17) is 11.6 Å². The zero-order chi connectivity index (χ0) is 10.1. The van der Waals surface area contributed by atoms with Gasteiger partial charge in [-0.2, -0.15) is 0 Å². The van der Waals surface area contributed by atoms with E-state index >= 15 is 0 Å². The third kappa shape index (κ3) is 1.67. The molecule has 2 rings (SSSR count). The van der Waals surface area contributed by atoms with Gasteiger partial charge < -0.3 is 0 Å². The van der Waals surface area contributed by atoms with Crippen LogP contribution in [-0.4, -0.2) is 5.78 Å². The highest BCUT2D eigenvalue weighted by atomic mass is 35.5. The van der Waals surface area contributed by atoms with E-state index in [9.17, 15) is 9.18 Å². The average Bonchev–Trinajstić information content (AvgIpc) is 2.29. The van der Waals surface area contributed by atoms with E-state index < -0.39 is 0 Å². The summed E-state index contributed by atoms with van der Waals surface area (Å²) in [6, 6.07) is 2.85. The Morgan fingerprint density at radius 2 is 1.93 bits per heavy atom. The van der Waals surface area contributed by atoms with Crippen molar-refractivity contribution in [3.63, 3.8) is 0 Å². The highest BCUT2D eigenvalue weighted by Gasteiger charge is 2.19.